The van der Waals surface area contributed by atoms with E-state index in [1.54, 1.807) is 12.1 Å². The third-order valence-corrected chi connectivity index (χ3v) is 2.54. The number of nitrogens with one attached hydrogen (secondary N) is 2. The maximum atomic E-state index is 11.8. The number of unbranched alkanes of at least 4 members (excludes halogenated alkanes) is 1. The summed E-state index contributed by atoms with van der Waals surface area (Å²) >= 11 is 0. The van der Waals surface area contributed by atoms with Crippen LogP contribution in [0.4, 0.5) is 5.82 Å². The molecule has 4 N–H and O–H groups in total. The Labute approximate surface area is 102 Å². The molecule has 17 heavy (non-hydrogen) atoms. The zero-order valence-electron chi connectivity index (χ0n) is 10.4. The van der Waals surface area contributed by atoms with Crippen LogP contribution in [0.25, 0.3) is 0 Å². The van der Waals surface area contributed by atoms with E-state index in [1.165, 1.54) is 6.20 Å². The number of hydrazine groups is 1. The second-order valence-electron chi connectivity index (χ2n) is 4.09. The number of nitrogens with two attached hydrogens (primary N) is 1. The first-order chi connectivity index (χ1) is 8.17. The maximum Gasteiger partial charge on any atom is 0.253 e. The van der Waals surface area contributed by atoms with Crippen LogP contribution in [0, 0.1) is 0 Å². The first-order valence-corrected chi connectivity index (χ1v) is 5.91. The summed E-state index contributed by atoms with van der Waals surface area (Å²) in [5.74, 6) is 5.65. The molecule has 1 rings (SSSR count). The number of anilines is 1. The fourth-order valence-electron chi connectivity index (χ4n) is 1.50. The summed E-state index contributed by atoms with van der Waals surface area (Å²) in [4.78, 5) is 15.8. The van der Waals surface area contributed by atoms with Gasteiger partial charge in [-0.15, -0.1) is 0 Å². The van der Waals surface area contributed by atoms with Gasteiger partial charge in [-0.25, -0.2) is 10.8 Å². The van der Waals surface area contributed by atoms with Crippen LogP contribution in [0.3, 0.4) is 0 Å². The monoisotopic (exact) mass is 236 g/mol. The van der Waals surface area contributed by atoms with Crippen molar-refractivity contribution in [2.75, 3.05) is 5.43 Å². The summed E-state index contributed by atoms with van der Waals surface area (Å²) in [5.41, 5.74) is 2.97. The minimum atomic E-state index is -0.0929. The van der Waals surface area contributed by atoms with Crippen molar-refractivity contribution in [3.63, 3.8) is 0 Å². The summed E-state index contributed by atoms with van der Waals surface area (Å²) in [7, 11) is 0. The number of carbonyl (C=O) groups is 1. The highest BCUT2D eigenvalue weighted by molar-refractivity contribution is 5.94. The van der Waals surface area contributed by atoms with E-state index < -0.39 is 0 Å². The molecule has 0 radical (unpaired) electrons. The van der Waals surface area contributed by atoms with E-state index in [1.807, 2.05) is 6.92 Å². The molecule has 1 unspecified atom stereocenters. The van der Waals surface area contributed by atoms with Gasteiger partial charge in [-0.2, -0.15) is 0 Å². The number of hydrogen-bond donors (Lipinski definition) is 3. The van der Waals surface area contributed by atoms with Gasteiger partial charge in [0, 0.05) is 12.2 Å². The van der Waals surface area contributed by atoms with Gasteiger partial charge >= 0.3 is 0 Å². The van der Waals surface area contributed by atoms with Crippen LogP contribution in [0.15, 0.2) is 18.3 Å². The van der Waals surface area contributed by atoms with Gasteiger partial charge in [-0.05, 0) is 25.5 Å². The Morgan fingerprint density at radius 3 is 2.82 bits per heavy atom. The molecule has 0 aliphatic heterocycles. The van der Waals surface area contributed by atoms with Crippen LogP contribution in [-0.2, 0) is 0 Å². The SMILES string of the molecule is CCCCC(C)NC(=O)c1ccc(NN)nc1. The highest BCUT2D eigenvalue weighted by atomic mass is 16.1. The van der Waals surface area contributed by atoms with Crippen molar-refractivity contribution in [2.45, 2.75) is 39.2 Å². The maximum absolute atomic E-state index is 11.8. The minimum absolute atomic E-state index is 0.0929. The summed E-state index contributed by atoms with van der Waals surface area (Å²) in [6.45, 7) is 4.15. The van der Waals surface area contributed by atoms with Crippen LogP contribution in [0.2, 0.25) is 0 Å². The molecule has 1 aromatic heterocycles. The molecule has 0 saturated heterocycles. The molecule has 94 valence electrons. The quantitative estimate of drug-likeness (QED) is 0.518. The Bertz CT molecular complexity index is 350. The Hall–Kier alpha value is -1.62. The minimum Gasteiger partial charge on any atom is -0.350 e. The first kappa shape index (κ1) is 13.4. The zero-order valence-corrected chi connectivity index (χ0v) is 10.4. The highest BCUT2D eigenvalue weighted by Gasteiger charge is 2.09. The molecule has 1 heterocycles. The summed E-state index contributed by atoms with van der Waals surface area (Å²) in [6, 6.07) is 3.56. The van der Waals surface area contributed by atoms with Crippen LogP contribution in [0.1, 0.15) is 43.5 Å². The summed E-state index contributed by atoms with van der Waals surface area (Å²) in [6.07, 6.45) is 4.77. The standard InChI is InChI=1S/C12H20N4O/c1-3-4-5-9(2)15-12(17)10-6-7-11(16-13)14-8-10/h6-9H,3-5,13H2,1-2H3,(H,14,16)(H,15,17). The molecule has 5 nitrogen and oxygen atoms in total. The predicted molar refractivity (Wildman–Crippen MR) is 68.5 cm³/mol. The number of amides is 1. The van der Waals surface area contributed by atoms with Gasteiger partial charge in [-0.3, -0.25) is 4.79 Å². The van der Waals surface area contributed by atoms with Gasteiger partial charge < -0.3 is 10.7 Å². The normalized spacial score (nSPS) is 11.9. The lowest BCUT2D eigenvalue weighted by Gasteiger charge is -2.13. The lowest BCUT2D eigenvalue weighted by molar-refractivity contribution is 0.0937. The number of nitrogen functional groups attached to an aromatic ring is 1. The number of pyridine rings is 1. The number of aromatic nitrogens is 1. The molecule has 0 aromatic carbocycles. The molecule has 5 heteroatoms. The van der Waals surface area contributed by atoms with Gasteiger partial charge in [0.2, 0.25) is 0 Å². The molecular weight excluding hydrogens is 216 g/mol. The second kappa shape index (κ2) is 6.85. The van der Waals surface area contributed by atoms with Crippen molar-refractivity contribution < 1.29 is 4.79 Å². The average Bonchev–Trinajstić information content (AvgIpc) is 2.36. The third-order valence-electron chi connectivity index (χ3n) is 2.54. The van der Waals surface area contributed by atoms with Crippen LogP contribution >= 0.6 is 0 Å². The fraction of sp³-hybridized carbons (Fsp3) is 0.500. The van der Waals surface area contributed by atoms with E-state index in [4.69, 9.17) is 5.84 Å². The van der Waals surface area contributed by atoms with Gasteiger partial charge in [0.1, 0.15) is 5.82 Å². The molecule has 0 aliphatic rings. The lowest BCUT2D eigenvalue weighted by Crippen LogP contribution is -2.32. The highest BCUT2D eigenvalue weighted by Crippen LogP contribution is 2.05. The van der Waals surface area contributed by atoms with Crippen molar-refractivity contribution in [3.05, 3.63) is 23.9 Å². The van der Waals surface area contributed by atoms with Crippen molar-refractivity contribution in [1.29, 1.82) is 0 Å². The fourth-order valence-corrected chi connectivity index (χ4v) is 1.50. The number of hydrogen-bond acceptors (Lipinski definition) is 4. The van der Waals surface area contributed by atoms with Gasteiger partial charge in [0.05, 0.1) is 5.56 Å². The van der Waals surface area contributed by atoms with Gasteiger partial charge in [-0.1, -0.05) is 19.8 Å². The molecule has 0 spiro atoms. The van der Waals surface area contributed by atoms with Crippen molar-refractivity contribution >= 4 is 11.7 Å². The zero-order chi connectivity index (χ0) is 12.7. The van der Waals surface area contributed by atoms with Crippen LogP contribution in [0.5, 0.6) is 0 Å². The van der Waals surface area contributed by atoms with E-state index in [9.17, 15) is 4.79 Å². The van der Waals surface area contributed by atoms with E-state index in [0.717, 1.165) is 19.3 Å². The van der Waals surface area contributed by atoms with Crippen LogP contribution in [-0.4, -0.2) is 16.9 Å². The van der Waals surface area contributed by atoms with Crippen molar-refractivity contribution in [3.8, 4) is 0 Å². The largest absolute Gasteiger partial charge is 0.350 e. The Morgan fingerprint density at radius 2 is 2.29 bits per heavy atom. The average molecular weight is 236 g/mol. The molecule has 0 bridgehead atoms. The lowest BCUT2D eigenvalue weighted by atomic mass is 10.1. The molecule has 0 saturated carbocycles. The van der Waals surface area contributed by atoms with E-state index in [-0.39, 0.29) is 11.9 Å². The van der Waals surface area contributed by atoms with Gasteiger partial charge in [0.15, 0.2) is 0 Å². The molecule has 0 fully saturated rings. The second-order valence-corrected chi connectivity index (χ2v) is 4.09. The van der Waals surface area contributed by atoms with Crippen LogP contribution < -0.4 is 16.6 Å². The summed E-state index contributed by atoms with van der Waals surface area (Å²) < 4.78 is 0. The molecule has 0 aliphatic carbocycles. The summed E-state index contributed by atoms with van der Waals surface area (Å²) in [5, 5.41) is 2.94. The predicted octanol–water partition coefficient (Wildman–Crippen LogP) is 1.68. The van der Waals surface area contributed by atoms with Crippen molar-refractivity contribution in [1.82, 2.24) is 10.3 Å². The van der Waals surface area contributed by atoms with E-state index >= 15 is 0 Å². The molecule has 1 atom stereocenters. The Kier molecular flexibility index (Phi) is 5.42. The van der Waals surface area contributed by atoms with E-state index in [0.29, 0.717) is 11.4 Å². The molecular formula is C12H20N4O. The number of rotatable bonds is 6. The topological polar surface area (TPSA) is 80.0 Å². The Morgan fingerprint density at radius 1 is 1.53 bits per heavy atom. The number of carbonyl (C=O) groups excluding carboxylic acids is 1. The van der Waals surface area contributed by atoms with Gasteiger partial charge in [0.25, 0.3) is 5.91 Å². The van der Waals surface area contributed by atoms with Crippen molar-refractivity contribution in [2.24, 2.45) is 5.84 Å². The smallest absolute Gasteiger partial charge is 0.253 e. The molecule has 1 amide bonds. The third kappa shape index (κ3) is 4.40. The molecule has 1 aromatic rings. The Balaban J connectivity index is 2.51. The number of nitrogens with zero attached hydrogens (tertiary/aromatic N) is 1. The first-order valence-electron chi connectivity index (χ1n) is 5.91. The van der Waals surface area contributed by atoms with E-state index in [2.05, 4.69) is 22.7 Å².